The van der Waals surface area contributed by atoms with Crippen LogP contribution in [0.1, 0.15) is 23.7 Å². The molecule has 0 aromatic heterocycles. The summed E-state index contributed by atoms with van der Waals surface area (Å²) in [4.78, 5) is 23.8. The molecule has 0 aliphatic carbocycles. The molecule has 29 heavy (non-hydrogen) atoms. The van der Waals surface area contributed by atoms with Crippen molar-refractivity contribution in [1.29, 1.82) is 0 Å². The number of benzene rings is 2. The fraction of sp³-hybridized carbons (Fsp3) is 0.333. The Balaban J connectivity index is 1.90. The highest BCUT2D eigenvalue weighted by Crippen LogP contribution is 2.36. The first kappa shape index (κ1) is 22.0. The van der Waals surface area contributed by atoms with Crippen LogP contribution < -0.4 is 24.8 Å². The summed E-state index contributed by atoms with van der Waals surface area (Å²) in [7, 11) is 3.02. The van der Waals surface area contributed by atoms with Crippen LogP contribution in [-0.4, -0.2) is 50.4 Å². The zero-order valence-corrected chi connectivity index (χ0v) is 16.7. The summed E-state index contributed by atoms with van der Waals surface area (Å²) in [6, 6.07) is 11.8. The molecule has 156 valence electrons. The molecule has 2 amide bonds. The Morgan fingerprint density at radius 1 is 1.07 bits per heavy atom. The average molecular weight is 402 g/mol. The molecule has 0 saturated carbocycles. The third kappa shape index (κ3) is 6.39. The fourth-order valence-electron chi connectivity index (χ4n) is 2.50. The standard InChI is InChI=1S/C21H26N2O6/c1-4-19(25)23-15-8-5-7-14(11-15)21(26)22-12-16(24)13-29-20-17(27-2)9-6-10-18(20)28-3/h5-11,16,24H,4,12-13H2,1-3H3,(H,22,26)(H,23,25). The highest BCUT2D eigenvalue weighted by Gasteiger charge is 2.15. The van der Waals surface area contributed by atoms with Gasteiger partial charge in [0.25, 0.3) is 5.91 Å². The number of aliphatic hydroxyl groups excluding tert-OH is 1. The van der Waals surface area contributed by atoms with Crippen LogP contribution in [-0.2, 0) is 4.79 Å². The lowest BCUT2D eigenvalue weighted by atomic mass is 10.2. The Labute approximate surface area is 169 Å². The largest absolute Gasteiger partial charge is 0.493 e. The van der Waals surface area contributed by atoms with E-state index in [0.29, 0.717) is 34.9 Å². The molecule has 0 aliphatic heterocycles. The Morgan fingerprint density at radius 3 is 2.34 bits per heavy atom. The number of carbonyl (C=O) groups excluding carboxylic acids is 2. The molecule has 1 unspecified atom stereocenters. The first-order valence-electron chi connectivity index (χ1n) is 9.18. The minimum atomic E-state index is -0.948. The normalized spacial score (nSPS) is 11.3. The van der Waals surface area contributed by atoms with Crippen LogP contribution in [0, 0.1) is 0 Å². The van der Waals surface area contributed by atoms with Gasteiger partial charge in [0.05, 0.1) is 14.2 Å². The minimum absolute atomic E-state index is 0.0121. The first-order chi connectivity index (χ1) is 14.0. The van der Waals surface area contributed by atoms with Crippen LogP contribution >= 0.6 is 0 Å². The maximum absolute atomic E-state index is 12.3. The molecule has 2 aromatic rings. The van der Waals surface area contributed by atoms with Crippen molar-refractivity contribution in [2.75, 3.05) is 32.7 Å². The lowest BCUT2D eigenvalue weighted by Gasteiger charge is -2.17. The number of anilines is 1. The van der Waals surface area contributed by atoms with Gasteiger partial charge in [-0.1, -0.05) is 19.1 Å². The molecule has 0 spiro atoms. The monoisotopic (exact) mass is 402 g/mol. The van der Waals surface area contributed by atoms with E-state index < -0.39 is 6.10 Å². The van der Waals surface area contributed by atoms with Crippen molar-refractivity contribution in [2.45, 2.75) is 19.4 Å². The fourth-order valence-corrected chi connectivity index (χ4v) is 2.50. The predicted octanol–water partition coefficient (Wildman–Crippen LogP) is 2.22. The molecule has 0 saturated heterocycles. The molecular weight excluding hydrogens is 376 g/mol. The minimum Gasteiger partial charge on any atom is -0.493 e. The van der Waals surface area contributed by atoms with Crippen LogP contribution in [0.25, 0.3) is 0 Å². The van der Waals surface area contributed by atoms with Gasteiger partial charge in [-0.15, -0.1) is 0 Å². The molecule has 2 rings (SSSR count). The third-order valence-corrected chi connectivity index (χ3v) is 4.03. The van der Waals surface area contributed by atoms with Crippen molar-refractivity contribution < 1.29 is 28.9 Å². The molecule has 8 heteroatoms. The van der Waals surface area contributed by atoms with Crippen molar-refractivity contribution in [3.63, 3.8) is 0 Å². The molecule has 0 radical (unpaired) electrons. The Bertz CT molecular complexity index is 817. The molecule has 0 bridgehead atoms. The van der Waals surface area contributed by atoms with Crippen molar-refractivity contribution in [3.8, 4) is 17.2 Å². The SMILES string of the molecule is CCC(=O)Nc1cccc(C(=O)NCC(O)COc2c(OC)cccc2OC)c1. The summed E-state index contributed by atoms with van der Waals surface area (Å²) in [6.07, 6.45) is -0.601. The summed E-state index contributed by atoms with van der Waals surface area (Å²) in [5, 5.41) is 15.5. The quantitative estimate of drug-likeness (QED) is 0.563. The molecular formula is C21H26N2O6. The van der Waals surface area contributed by atoms with Gasteiger partial charge in [0.2, 0.25) is 11.7 Å². The van der Waals surface area contributed by atoms with E-state index in [-0.39, 0.29) is 25.0 Å². The second-order valence-electron chi connectivity index (χ2n) is 6.15. The van der Waals surface area contributed by atoms with Crippen molar-refractivity contribution in [1.82, 2.24) is 5.32 Å². The molecule has 0 heterocycles. The van der Waals surface area contributed by atoms with Crippen molar-refractivity contribution >= 4 is 17.5 Å². The number of para-hydroxylation sites is 1. The molecule has 8 nitrogen and oxygen atoms in total. The van der Waals surface area contributed by atoms with Crippen LogP contribution in [0.3, 0.4) is 0 Å². The number of hydrogen-bond donors (Lipinski definition) is 3. The van der Waals surface area contributed by atoms with Crippen LogP contribution in [0.4, 0.5) is 5.69 Å². The number of aliphatic hydroxyl groups is 1. The van der Waals surface area contributed by atoms with Crippen molar-refractivity contribution in [3.05, 3.63) is 48.0 Å². The van der Waals surface area contributed by atoms with Gasteiger partial charge in [0, 0.05) is 24.2 Å². The zero-order valence-electron chi connectivity index (χ0n) is 16.7. The van der Waals surface area contributed by atoms with Gasteiger partial charge in [-0.05, 0) is 30.3 Å². The lowest BCUT2D eigenvalue weighted by molar-refractivity contribution is -0.115. The maximum Gasteiger partial charge on any atom is 0.251 e. The molecule has 1 atom stereocenters. The highest BCUT2D eigenvalue weighted by atomic mass is 16.5. The first-order valence-corrected chi connectivity index (χ1v) is 9.18. The summed E-state index contributed by atoms with van der Waals surface area (Å²) in [5.41, 5.74) is 0.912. The topological polar surface area (TPSA) is 106 Å². The number of hydrogen-bond acceptors (Lipinski definition) is 6. The number of carbonyl (C=O) groups is 2. The molecule has 3 N–H and O–H groups in total. The van der Waals surface area contributed by atoms with E-state index in [0.717, 1.165) is 0 Å². The lowest BCUT2D eigenvalue weighted by Crippen LogP contribution is -2.35. The maximum atomic E-state index is 12.3. The molecule has 0 aliphatic rings. The zero-order chi connectivity index (χ0) is 21.2. The average Bonchev–Trinajstić information content (AvgIpc) is 2.75. The van der Waals surface area contributed by atoms with Crippen molar-refractivity contribution in [2.24, 2.45) is 0 Å². The summed E-state index contributed by atoms with van der Waals surface area (Å²) in [6.45, 7) is 1.67. The van der Waals surface area contributed by atoms with E-state index in [1.165, 1.54) is 14.2 Å². The summed E-state index contributed by atoms with van der Waals surface area (Å²) >= 11 is 0. The van der Waals surface area contributed by atoms with Gasteiger partial charge in [-0.3, -0.25) is 9.59 Å². The van der Waals surface area contributed by atoms with Crippen LogP contribution in [0.5, 0.6) is 17.2 Å². The van der Waals surface area contributed by atoms with E-state index in [1.807, 2.05) is 0 Å². The van der Waals surface area contributed by atoms with Gasteiger partial charge in [0.15, 0.2) is 11.5 Å². The summed E-state index contributed by atoms with van der Waals surface area (Å²) < 4.78 is 16.1. The van der Waals surface area contributed by atoms with E-state index >= 15 is 0 Å². The van der Waals surface area contributed by atoms with E-state index in [2.05, 4.69) is 10.6 Å². The third-order valence-electron chi connectivity index (χ3n) is 4.03. The summed E-state index contributed by atoms with van der Waals surface area (Å²) in [5.74, 6) is 0.828. The van der Waals surface area contributed by atoms with Gasteiger partial charge < -0.3 is 30.0 Å². The Morgan fingerprint density at radius 2 is 1.72 bits per heavy atom. The van der Waals surface area contributed by atoms with Gasteiger partial charge >= 0.3 is 0 Å². The van der Waals surface area contributed by atoms with Gasteiger partial charge in [-0.25, -0.2) is 0 Å². The molecule has 0 fully saturated rings. The highest BCUT2D eigenvalue weighted by molar-refractivity contribution is 5.97. The van der Waals surface area contributed by atoms with E-state index in [9.17, 15) is 14.7 Å². The van der Waals surface area contributed by atoms with E-state index in [4.69, 9.17) is 14.2 Å². The van der Waals surface area contributed by atoms with Gasteiger partial charge in [0.1, 0.15) is 12.7 Å². The second-order valence-corrected chi connectivity index (χ2v) is 6.15. The smallest absolute Gasteiger partial charge is 0.251 e. The number of rotatable bonds is 10. The predicted molar refractivity (Wildman–Crippen MR) is 109 cm³/mol. The van der Waals surface area contributed by atoms with Crippen LogP contribution in [0.2, 0.25) is 0 Å². The van der Waals surface area contributed by atoms with E-state index in [1.54, 1.807) is 49.4 Å². The molecule has 2 aromatic carbocycles. The number of methoxy groups -OCH3 is 2. The van der Waals surface area contributed by atoms with Gasteiger partial charge in [-0.2, -0.15) is 0 Å². The second kappa shape index (κ2) is 10.9. The Hall–Kier alpha value is -3.26. The number of nitrogens with one attached hydrogen (secondary N) is 2. The Kier molecular flexibility index (Phi) is 8.29. The van der Waals surface area contributed by atoms with Crippen LogP contribution in [0.15, 0.2) is 42.5 Å². The number of amides is 2. The number of ether oxygens (including phenoxy) is 3.